The fourth-order valence-electron chi connectivity index (χ4n) is 2.74. The molecule has 2 rings (SSSR count). The van der Waals surface area contributed by atoms with Crippen LogP contribution in [0, 0.1) is 20.8 Å². The van der Waals surface area contributed by atoms with Crippen molar-refractivity contribution in [2.45, 2.75) is 27.7 Å². The summed E-state index contributed by atoms with van der Waals surface area (Å²) in [6.45, 7) is 11.0. The Bertz CT molecular complexity index is 608. The molecule has 1 fully saturated rings. The molecule has 0 unspecified atom stereocenters. The summed E-state index contributed by atoms with van der Waals surface area (Å²) < 4.78 is 5.77. The number of hydrogen-bond acceptors (Lipinski definition) is 3. The van der Waals surface area contributed by atoms with Crippen LogP contribution in [0.3, 0.4) is 0 Å². The van der Waals surface area contributed by atoms with Gasteiger partial charge in [-0.2, -0.15) is 0 Å². The summed E-state index contributed by atoms with van der Waals surface area (Å²) >= 11 is 0. The third kappa shape index (κ3) is 4.63. The third-order valence-corrected chi connectivity index (χ3v) is 4.44. The number of urea groups is 1. The molecule has 1 aromatic rings. The standard InChI is InChI=1S/C18H27N3O3/c1-13-11-15(3)17(12-14(13)2)24-10-5-19-18(23)21-8-6-20(7-9-21)16(4)22/h11-12H,5-10H2,1-4H3,(H,19,23). The van der Waals surface area contributed by atoms with E-state index >= 15 is 0 Å². The molecule has 0 bridgehead atoms. The van der Waals surface area contributed by atoms with Crippen LogP contribution in [0.15, 0.2) is 12.1 Å². The quantitative estimate of drug-likeness (QED) is 0.856. The molecule has 6 nitrogen and oxygen atoms in total. The molecular formula is C18H27N3O3. The Hall–Kier alpha value is -2.24. The molecule has 1 saturated heterocycles. The molecule has 1 aliphatic rings. The minimum Gasteiger partial charge on any atom is -0.491 e. The second kappa shape index (κ2) is 8.04. The lowest BCUT2D eigenvalue weighted by molar-refractivity contribution is -0.130. The number of hydrogen-bond donors (Lipinski definition) is 1. The highest BCUT2D eigenvalue weighted by molar-refractivity contribution is 5.76. The number of carbonyl (C=O) groups excluding carboxylic acids is 2. The molecule has 1 aromatic carbocycles. The molecule has 0 aromatic heterocycles. The average Bonchev–Trinajstić information content (AvgIpc) is 2.55. The van der Waals surface area contributed by atoms with Crippen LogP contribution in [0.1, 0.15) is 23.6 Å². The van der Waals surface area contributed by atoms with E-state index in [0.717, 1.165) is 11.3 Å². The van der Waals surface area contributed by atoms with Gasteiger partial charge in [0.25, 0.3) is 0 Å². The maximum absolute atomic E-state index is 12.1. The van der Waals surface area contributed by atoms with Gasteiger partial charge in [0.2, 0.25) is 5.91 Å². The van der Waals surface area contributed by atoms with Gasteiger partial charge >= 0.3 is 6.03 Å². The summed E-state index contributed by atoms with van der Waals surface area (Å²) in [6.07, 6.45) is 0. The van der Waals surface area contributed by atoms with Crippen molar-refractivity contribution in [3.8, 4) is 5.75 Å². The lowest BCUT2D eigenvalue weighted by Crippen LogP contribution is -2.53. The zero-order valence-electron chi connectivity index (χ0n) is 15.0. The average molecular weight is 333 g/mol. The molecule has 1 N–H and O–H groups in total. The second-order valence-electron chi connectivity index (χ2n) is 6.28. The Morgan fingerprint density at radius 1 is 1.00 bits per heavy atom. The van der Waals surface area contributed by atoms with E-state index in [0.29, 0.717) is 39.3 Å². The van der Waals surface area contributed by atoms with Gasteiger partial charge in [-0.15, -0.1) is 0 Å². The largest absolute Gasteiger partial charge is 0.491 e. The van der Waals surface area contributed by atoms with E-state index in [2.05, 4.69) is 25.2 Å². The SMILES string of the molecule is CC(=O)N1CCN(C(=O)NCCOc2cc(C)c(C)cc2C)CC1. The number of benzene rings is 1. The third-order valence-electron chi connectivity index (χ3n) is 4.44. The zero-order chi connectivity index (χ0) is 17.7. The van der Waals surface area contributed by atoms with Crippen molar-refractivity contribution in [3.05, 3.63) is 28.8 Å². The number of ether oxygens (including phenoxy) is 1. The minimum atomic E-state index is -0.0985. The molecule has 0 saturated carbocycles. The highest BCUT2D eigenvalue weighted by Crippen LogP contribution is 2.22. The number of carbonyl (C=O) groups is 2. The van der Waals surface area contributed by atoms with Gasteiger partial charge in [-0.1, -0.05) is 6.07 Å². The van der Waals surface area contributed by atoms with Crippen LogP contribution < -0.4 is 10.1 Å². The molecule has 1 aliphatic heterocycles. The maximum atomic E-state index is 12.1. The number of nitrogens with one attached hydrogen (secondary N) is 1. The summed E-state index contributed by atoms with van der Waals surface area (Å²) in [4.78, 5) is 26.9. The van der Waals surface area contributed by atoms with E-state index in [1.807, 2.05) is 13.0 Å². The van der Waals surface area contributed by atoms with E-state index in [1.165, 1.54) is 11.1 Å². The smallest absolute Gasteiger partial charge is 0.317 e. The van der Waals surface area contributed by atoms with Crippen LogP contribution in [-0.4, -0.2) is 61.1 Å². The normalized spacial score (nSPS) is 14.5. The number of piperazine rings is 1. The summed E-state index contributed by atoms with van der Waals surface area (Å²) in [5, 5.41) is 2.87. The first-order chi connectivity index (χ1) is 11.4. The Morgan fingerprint density at radius 3 is 2.21 bits per heavy atom. The van der Waals surface area contributed by atoms with E-state index in [4.69, 9.17) is 4.74 Å². The van der Waals surface area contributed by atoms with Crippen molar-refractivity contribution in [2.75, 3.05) is 39.3 Å². The van der Waals surface area contributed by atoms with E-state index in [-0.39, 0.29) is 11.9 Å². The monoisotopic (exact) mass is 333 g/mol. The Labute approximate surface area is 143 Å². The van der Waals surface area contributed by atoms with Crippen LogP contribution in [0.25, 0.3) is 0 Å². The first kappa shape index (κ1) is 18.1. The van der Waals surface area contributed by atoms with Gasteiger partial charge in [0, 0.05) is 33.1 Å². The van der Waals surface area contributed by atoms with Crippen LogP contribution in [0.2, 0.25) is 0 Å². The van der Waals surface area contributed by atoms with Gasteiger partial charge in [0.15, 0.2) is 0 Å². The van der Waals surface area contributed by atoms with Gasteiger partial charge in [-0.05, 0) is 43.5 Å². The lowest BCUT2D eigenvalue weighted by Gasteiger charge is -2.34. The molecule has 0 atom stereocenters. The van der Waals surface area contributed by atoms with Gasteiger partial charge in [0.1, 0.15) is 12.4 Å². The molecule has 132 valence electrons. The van der Waals surface area contributed by atoms with Crippen LogP contribution >= 0.6 is 0 Å². The molecule has 0 aliphatic carbocycles. The van der Waals surface area contributed by atoms with Crippen molar-refractivity contribution in [3.63, 3.8) is 0 Å². The zero-order valence-corrected chi connectivity index (χ0v) is 15.0. The highest BCUT2D eigenvalue weighted by Gasteiger charge is 2.21. The van der Waals surface area contributed by atoms with Gasteiger partial charge in [0.05, 0.1) is 6.54 Å². The molecule has 24 heavy (non-hydrogen) atoms. The Morgan fingerprint density at radius 2 is 1.58 bits per heavy atom. The van der Waals surface area contributed by atoms with Crippen molar-refractivity contribution in [2.24, 2.45) is 0 Å². The molecule has 3 amide bonds. The lowest BCUT2D eigenvalue weighted by atomic mass is 10.1. The van der Waals surface area contributed by atoms with Crippen LogP contribution in [0.4, 0.5) is 4.79 Å². The predicted octanol–water partition coefficient (Wildman–Crippen LogP) is 1.86. The predicted molar refractivity (Wildman–Crippen MR) is 93.4 cm³/mol. The van der Waals surface area contributed by atoms with Gasteiger partial charge in [-0.25, -0.2) is 4.79 Å². The molecule has 0 spiro atoms. The number of amides is 3. The fraction of sp³-hybridized carbons (Fsp3) is 0.556. The molecule has 0 radical (unpaired) electrons. The fourth-order valence-corrected chi connectivity index (χ4v) is 2.74. The first-order valence-corrected chi connectivity index (χ1v) is 8.37. The first-order valence-electron chi connectivity index (χ1n) is 8.37. The van der Waals surface area contributed by atoms with E-state index in [9.17, 15) is 9.59 Å². The summed E-state index contributed by atoms with van der Waals surface area (Å²) in [5.74, 6) is 0.926. The van der Waals surface area contributed by atoms with Crippen LogP contribution in [-0.2, 0) is 4.79 Å². The van der Waals surface area contributed by atoms with Crippen molar-refractivity contribution >= 4 is 11.9 Å². The van der Waals surface area contributed by atoms with Crippen molar-refractivity contribution in [1.29, 1.82) is 0 Å². The molecule has 1 heterocycles. The number of aryl methyl sites for hydroxylation is 3. The van der Waals surface area contributed by atoms with Crippen LogP contribution in [0.5, 0.6) is 5.75 Å². The van der Waals surface area contributed by atoms with E-state index < -0.39 is 0 Å². The summed E-state index contributed by atoms with van der Waals surface area (Å²) in [5.41, 5.74) is 3.55. The Kier molecular flexibility index (Phi) is 6.06. The number of rotatable bonds is 4. The topological polar surface area (TPSA) is 61.9 Å². The highest BCUT2D eigenvalue weighted by atomic mass is 16.5. The summed E-state index contributed by atoms with van der Waals surface area (Å²) in [6, 6.07) is 4.05. The number of nitrogens with zero attached hydrogens (tertiary/aromatic N) is 2. The summed E-state index contributed by atoms with van der Waals surface area (Å²) in [7, 11) is 0. The maximum Gasteiger partial charge on any atom is 0.317 e. The van der Waals surface area contributed by atoms with Gasteiger partial charge < -0.3 is 19.9 Å². The minimum absolute atomic E-state index is 0.0622. The molecular weight excluding hydrogens is 306 g/mol. The van der Waals surface area contributed by atoms with E-state index in [1.54, 1.807) is 16.7 Å². The second-order valence-corrected chi connectivity index (χ2v) is 6.28. The van der Waals surface area contributed by atoms with Crippen molar-refractivity contribution in [1.82, 2.24) is 15.1 Å². The van der Waals surface area contributed by atoms with Gasteiger partial charge in [-0.3, -0.25) is 4.79 Å². The molecule has 6 heteroatoms. The van der Waals surface area contributed by atoms with Crippen molar-refractivity contribution < 1.29 is 14.3 Å². The Balaban J connectivity index is 1.72.